The van der Waals surface area contributed by atoms with Gasteiger partial charge in [-0.2, -0.15) is 4.99 Å². The molecular weight excluding hydrogens is 437 g/mol. The summed E-state index contributed by atoms with van der Waals surface area (Å²) in [5, 5.41) is 0. The van der Waals surface area contributed by atoms with E-state index in [1.165, 1.54) is 12.1 Å². The Morgan fingerprint density at radius 3 is 1.94 bits per heavy atom. The van der Waals surface area contributed by atoms with E-state index in [1.807, 2.05) is 0 Å². The molecule has 164 valence electrons. The Morgan fingerprint density at radius 1 is 0.806 bits per heavy atom. The van der Waals surface area contributed by atoms with Crippen LogP contribution in [0.15, 0.2) is 44.0 Å². The van der Waals surface area contributed by atoms with Crippen molar-refractivity contribution in [2.75, 3.05) is 4.90 Å². The molecule has 0 radical (unpaired) electrons. The topological polar surface area (TPSA) is 80.0 Å². The molecule has 1 saturated carbocycles. The van der Waals surface area contributed by atoms with E-state index < -0.39 is 39.6 Å². The number of anilines is 1. The minimum atomic E-state index is -2.19. The first-order valence-corrected chi connectivity index (χ1v) is 10.3. The van der Waals surface area contributed by atoms with Gasteiger partial charge in [-0.3, -0.25) is 4.90 Å². The van der Waals surface area contributed by atoms with Crippen molar-refractivity contribution in [2.24, 2.45) is 21.5 Å². The van der Waals surface area contributed by atoms with E-state index in [0.29, 0.717) is 17.4 Å². The predicted octanol–water partition coefficient (Wildman–Crippen LogP) is 4.64. The molecule has 11 heteroatoms. The Balaban J connectivity index is 1.66. The smallest absolute Gasteiger partial charge is 0.220 e. The molecule has 1 aliphatic carbocycles. The molecule has 0 unspecified atom stereocenters. The van der Waals surface area contributed by atoms with Crippen molar-refractivity contribution in [1.29, 1.82) is 0 Å². The van der Waals surface area contributed by atoms with Crippen LogP contribution in [0.2, 0.25) is 0 Å². The van der Waals surface area contributed by atoms with Crippen molar-refractivity contribution < 1.29 is 22.0 Å². The molecule has 0 bridgehead atoms. The molecule has 0 aromatic heterocycles. The molecule has 0 saturated heterocycles. The normalized spacial score (nSPS) is 18.2. The minimum absolute atomic E-state index is 0.106. The number of halogens is 5. The third-order valence-electron chi connectivity index (χ3n) is 5.34. The Kier molecular flexibility index (Phi) is 5.54. The highest BCUT2D eigenvalue weighted by atomic mass is 32.2. The Morgan fingerprint density at radius 2 is 1.35 bits per heavy atom. The van der Waals surface area contributed by atoms with Gasteiger partial charge in [0.25, 0.3) is 0 Å². The number of rotatable bonds is 3. The van der Waals surface area contributed by atoms with Crippen molar-refractivity contribution >= 4 is 29.4 Å². The zero-order valence-electron chi connectivity index (χ0n) is 16.1. The van der Waals surface area contributed by atoms with Gasteiger partial charge in [0.2, 0.25) is 17.7 Å². The van der Waals surface area contributed by atoms with E-state index >= 15 is 0 Å². The van der Waals surface area contributed by atoms with E-state index in [4.69, 9.17) is 11.5 Å². The van der Waals surface area contributed by atoms with Crippen LogP contribution in [0.5, 0.6) is 0 Å². The lowest BCUT2D eigenvalue weighted by molar-refractivity contribution is 0.305. The second-order valence-corrected chi connectivity index (χ2v) is 8.40. The third-order valence-corrected chi connectivity index (χ3v) is 6.41. The van der Waals surface area contributed by atoms with E-state index in [9.17, 15) is 22.0 Å². The highest BCUT2D eigenvalue weighted by Crippen LogP contribution is 2.41. The summed E-state index contributed by atoms with van der Waals surface area (Å²) in [5.41, 5.74) is 11.9. The predicted molar refractivity (Wildman–Crippen MR) is 108 cm³/mol. The van der Waals surface area contributed by atoms with E-state index in [1.54, 1.807) is 17.0 Å². The monoisotopic (exact) mass is 455 g/mol. The summed E-state index contributed by atoms with van der Waals surface area (Å²) >= 11 is 0.437. The molecule has 4 rings (SSSR count). The Hall–Kier alpha value is -2.82. The SMILES string of the molecule is NC1=NC2(CCCCC2)N(c2ccc(Sc3c(F)c(F)c(F)c(F)c3F)cc2)C(N)=N1. The fourth-order valence-corrected chi connectivity index (χ4v) is 4.82. The van der Waals surface area contributed by atoms with Crippen molar-refractivity contribution in [2.45, 2.75) is 47.6 Å². The van der Waals surface area contributed by atoms with Crippen LogP contribution in [0.4, 0.5) is 27.6 Å². The average Bonchev–Trinajstić information content (AvgIpc) is 2.75. The first-order chi connectivity index (χ1) is 14.7. The van der Waals surface area contributed by atoms with Gasteiger partial charge in [-0.1, -0.05) is 18.2 Å². The van der Waals surface area contributed by atoms with Crippen LogP contribution in [-0.2, 0) is 0 Å². The fraction of sp³-hybridized carbons (Fsp3) is 0.300. The van der Waals surface area contributed by atoms with Crippen molar-refractivity contribution in [3.05, 3.63) is 53.4 Å². The van der Waals surface area contributed by atoms with Crippen LogP contribution in [0.1, 0.15) is 32.1 Å². The number of hydrogen-bond donors (Lipinski definition) is 2. The average molecular weight is 455 g/mol. The van der Waals surface area contributed by atoms with Gasteiger partial charge in [0.05, 0.1) is 4.90 Å². The molecule has 4 N–H and O–H groups in total. The highest BCUT2D eigenvalue weighted by Gasteiger charge is 2.42. The number of nitrogens with two attached hydrogens (primary N) is 2. The standard InChI is InChI=1S/C20H18F5N5S/c21-12-13(22)15(24)17(16(25)14(12)23)31-11-6-4-10(5-7-11)30-19(27)28-18(26)29-20(30)8-2-1-3-9-20/h4-7H,1-3,8-9H2,(H4,26,27,28,29). The summed E-state index contributed by atoms with van der Waals surface area (Å²) < 4.78 is 68.1. The van der Waals surface area contributed by atoms with E-state index in [-0.39, 0.29) is 16.8 Å². The lowest BCUT2D eigenvalue weighted by atomic mass is 9.87. The maximum absolute atomic E-state index is 14.0. The number of aliphatic imine (C=N–C) groups is 2. The van der Waals surface area contributed by atoms with Gasteiger partial charge in [-0.25, -0.2) is 26.9 Å². The molecule has 0 atom stereocenters. The Labute approximate surface area is 179 Å². The molecule has 1 heterocycles. The van der Waals surface area contributed by atoms with Gasteiger partial charge < -0.3 is 11.5 Å². The molecule has 0 amide bonds. The summed E-state index contributed by atoms with van der Waals surface area (Å²) in [5.74, 6) is -9.61. The van der Waals surface area contributed by atoms with Crippen molar-refractivity contribution in [1.82, 2.24) is 0 Å². The molecule has 2 aromatic rings. The number of guanidine groups is 2. The molecule has 1 aliphatic heterocycles. The molecule has 1 fully saturated rings. The first kappa shape index (κ1) is 21.4. The maximum Gasteiger partial charge on any atom is 0.220 e. The van der Waals surface area contributed by atoms with Gasteiger partial charge in [0, 0.05) is 10.6 Å². The number of benzene rings is 2. The lowest BCUT2D eigenvalue weighted by Gasteiger charge is -2.45. The number of hydrogen-bond acceptors (Lipinski definition) is 6. The Bertz CT molecular complexity index is 1050. The van der Waals surface area contributed by atoms with Crippen molar-refractivity contribution in [3.63, 3.8) is 0 Å². The fourth-order valence-electron chi connectivity index (χ4n) is 3.95. The molecule has 31 heavy (non-hydrogen) atoms. The lowest BCUT2D eigenvalue weighted by Crippen LogP contribution is -2.58. The van der Waals surface area contributed by atoms with Crippen LogP contribution in [0, 0.1) is 29.1 Å². The summed E-state index contributed by atoms with van der Waals surface area (Å²) in [6.45, 7) is 0. The molecule has 1 spiro atoms. The highest BCUT2D eigenvalue weighted by molar-refractivity contribution is 7.99. The van der Waals surface area contributed by atoms with Gasteiger partial charge in [-0.15, -0.1) is 0 Å². The van der Waals surface area contributed by atoms with Gasteiger partial charge in [0.15, 0.2) is 23.3 Å². The summed E-state index contributed by atoms with van der Waals surface area (Å²) in [6, 6.07) is 6.27. The first-order valence-electron chi connectivity index (χ1n) is 9.52. The van der Waals surface area contributed by atoms with Gasteiger partial charge >= 0.3 is 0 Å². The van der Waals surface area contributed by atoms with Crippen LogP contribution in [0.25, 0.3) is 0 Å². The second kappa shape index (κ2) is 8.03. The zero-order chi connectivity index (χ0) is 22.3. The summed E-state index contributed by atoms with van der Waals surface area (Å²) in [4.78, 5) is 9.69. The van der Waals surface area contributed by atoms with Crippen LogP contribution in [-0.4, -0.2) is 17.6 Å². The van der Waals surface area contributed by atoms with Crippen LogP contribution >= 0.6 is 11.8 Å². The molecule has 2 aliphatic rings. The van der Waals surface area contributed by atoms with E-state index in [2.05, 4.69) is 9.98 Å². The third kappa shape index (κ3) is 3.71. The molecule has 5 nitrogen and oxygen atoms in total. The molecule has 2 aromatic carbocycles. The molecular formula is C20H18F5N5S. The maximum atomic E-state index is 14.0. The largest absolute Gasteiger partial charge is 0.369 e. The van der Waals surface area contributed by atoms with Gasteiger partial charge in [0.1, 0.15) is 5.66 Å². The summed E-state index contributed by atoms with van der Waals surface area (Å²) in [7, 11) is 0. The van der Waals surface area contributed by atoms with Crippen LogP contribution < -0.4 is 16.4 Å². The zero-order valence-corrected chi connectivity index (χ0v) is 17.0. The quantitative estimate of drug-likeness (QED) is 0.401. The van der Waals surface area contributed by atoms with Gasteiger partial charge in [-0.05, 0) is 49.9 Å². The number of nitrogens with zero attached hydrogens (tertiary/aromatic N) is 3. The van der Waals surface area contributed by atoms with Crippen LogP contribution in [0.3, 0.4) is 0 Å². The summed E-state index contributed by atoms with van der Waals surface area (Å²) in [6.07, 6.45) is 4.40. The minimum Gasteiger partial charge on any atom is -0.369 e. The van der Waals surface area contributed by atoms with Crippen molar-refractivity contribution in [3.8, 4) is 0 Å². The second-order valence-electron chi connectivity index (χ2n) is 7.31. The van der Waals surface area contributed by atoms with E-state index in [0.717, 1.165) is 32.1 Å².